The molecule has 1 unspecified atom stereocenters. The molecule has 0 bridgehead atoms. The van der Waals surface area contributed by atoms with Crippen molar-refractivity contribution < 1.29 is 5.11 Å². The molecule has 16 heavy (non-hydrogen) atoms. The molecule has 3 nitrogen and oxygen atoms in total. The molecule has 0 saturated carbocycles. The lowest BCUT2D eigenvalue weighted by molar-refractivity contribution is 0.0466. The molecule has 90 valence electrons. The maximum atomic E-state index is 10.4. The molecule has 1 rings (SSSR count). The molecule has 0 amide bonds. The van der Waals surface area contributed by atoms with Crippen LogP contribution < -0.4 is 5.32 Å². The van der Waals surface area contributed by atoms with Gasteiger partial charge in [0.25, 0.3) is 0 Å². The lowest BCUT2D eigenvalue weighted by atomic mass is 9.90. The molecule has 1 aromatic rings. The minimum atomic E-state index is -0.805. The van der Waals surface area contributed by atoms with Crippen LogP contribution in [0.25, 0.3) is 0 Å². The molecule has 2 N–H and O–H groups in total. The molecule has 0 aliphatic carbocycles. The van der Waals surface area contributed by atoms with E-state index in [-0.39, 0.29) is 0 Å². The predicted molar refractivity (Wildman–Crippen MR) is 66.3 cm³/mol. The van der Waals surface area contributed by atoms with Gasteiger partial charge in [-0.2, -0.15) is 0 Å². The third-order valence-corrected chi connectivity index (χ3v) is 2.78. The van der Waals surface area contributed by atoms with E-state index in [1.807, 2.05) is 19.9 Å². The van der Waals surface area contributed by atoms with Crippen molar-refractivity contribution in [3.05, 3.63) is 29.6 Å². The maximum Gasteiger partial charge on any atom is 0.0898 e. The van der Waals surface area contributed by atoms with Gasteiger partial charge in [0.05, 0.1) is 5.60 Å². The Morgan fingerprint density at radius 3 is 2.75 bits per heavy atom. The number of aromatic nitrogens is 1. The van der Waals surface area contributed by atoms with Crippen molar-refractivity contribution in [1.82, 2.24) is 10.3 Å². The first-order valence-electron chi connectivity index (χ1n) is 5.80. The highest BCUT2D eigenvalue weighted by Crippen LogP contribution is 2.25. The fourth-order valence-electron chi connectivity index (χ4n) is 1.77. The highest BCUT2D eigenvalue weighted by atomic mass is 16.3. The normalized spacial score (nSPS) is 15.1. The monoisotopic (exact) mass is 222 g/mol. The predicted octanol–water partition coefficient (Wildman–Crippen LogP) is 1.99. The summed E-state index contributed by atoms with van der Waals surface area (Å²) in [5, 5.41) is 13.7. The van der Waals surface area contributed by atoms with Gasteiger partial charge in [0, 0.05) is 24.0 Å². The van der Waals surface area contributed by atoms with Gasteiger partial charge in [-0.15, -0.1) is 0 Å². The van der Waals surface area contributed by atoms with E-state index in [2.05, 4.69) is 24.1 Å². The molecule has 0 aromatic carbocycles. The minimum Gasteiger partial charge on any atom is -0.385 e. The van der Waals surface area contributed by atoms with E-state index in [0.717, 1.165) is 17.7 Å². The Hall–Kier alpha value is -0.930. The van der Waals surface area contributed by atoms with E-state index in [4.69, 9.17) is 0 Å². The summed E-state index contributed by atoms with van der Waals surface area (Å²) >= 11 is 0. The number of nitrogens with one attached hydrogen (secondary N) is 1. The van der Waals surface area contributed by atoms with E-state index in [9.17, 15) is 5.11 Å². The van der Waals surface area contributed by atoms with Crippen molar-refractivity contribution in [3.8, 4) is 0 Å². The van der Waals surface area contributed by atoms with Crippen molar-refractivity contribution in [2.24, 2.45) is 0 Å². The van der Waals surface area contributed by atoms with E-state index in [1.54, 1.807) is 12.4 Å². The van der Waals surface area contributed by atoms with Gasteiger partial charge in [0.15, 0.2) is 0 Å². The molecule has 0 aliphatic heterocycles. The Morgan fingerprint density at radius 2 is 2.19 bits per heavy atom. The molecular formula is C13H22N2O. The number of aliphatic hydroxyl groups is 1. The Kier molecular flexibility index (Phi) is 4.44. The van der Waals surface area contributed by atoms with Gasteiger partial charge in [-0.1, -0.05) is 13.8 Å². The van der Waals surface area contributed by atoms with E-state index < -0.39 is 5.60 Å². The maximum absolute atomic E-state index is 10.4. The van der Waals surface area contributed by atoms with Crippen molar-refractivity contribution in [1.29, 1.82) is 0 Å². The second-order valence-corrected chi connectivity index (χ2v) is 4.82. The largest absolute Gasteiger partial charge is 0.385 e. The molecule has 1 atom stereocenters. The summed E-state index contributed by atoms with van der Waals surface area (Å²) in [6.07, 6.45) is 4.20. The second-order valence-electron chi connectivity index (χ2n) is 4.82. The molecule has 1 heterocycles. The average molecular weight is 222 g/mol. The highest BCUT2D eigenvalue weighted by Gasteiger charge is 2.24. The first-order chi connectivity index (χ1) is 7.43. The zero-order valence-electron chi connectivity index (χ0n) is 10.6. The molecule has 0 radical (unpaired) electrons. The molecule has 0 aliphatic rings. The van der Waals surface area contributed by atoms with Crippen LogP contribution in [-0.2, 0) is 5.60 Å². The summed E-state index contributed by atoms with van der Waals surface area (Å²) in [7, 11) is 0. The van der Waals surface area contributed by atoms with Gasteiger partial charge in [0.1, 0.15) is 0 Å². The Morgan fingerprint density at radius 1 is 1.50 bits per heavy atom. The van der Waals surface area contributed by atoms with Crippen LogP contribution in [-0.4, -0.2) is 22.7 Å². The third kappa shape index (κ3) is 3.58. The zero-order valence-corrected chi connectivity index (χ0v) is 10.6. The van der Waals surface area contributed by atoms with Crippen LogP contribution in [0.15, 0.2) is 18.5 Å². The van der Waals surface area contributed by atoms with Crippen molar-refractivity contribution >= 4 is 0 Å². The van der Waals surface area contributed by atoms with Crippen molar-refractivity contribution in [3.63, 3.8) is 0 Å². The van der Waals surface area contributed by atoms with Crippen LogP contribution in [0.4, 0.5) is 0 Å². The number of aryl methyl sites for hydroxylation is 1. The van der Waals surface area contributed by atoms with Gasteiger partial charge >= 0.3 is 0 Å². The van der Waals surface area contributed by atoms with E-state index in [1.165, 1.54) is 0 Å². The summed E-state index contributed by atoms with van der Waals surface area (Å²) in [5.74, 6) is 0. The summed E-state index contributed by atoms with van der Waals surface area (Å²) < 4.78 is 0. The number of pyridine rings is 1. The lowest BCUT2D eigenvalue weighted by Crippen LogP contribution is -2.31. The molecule has 0 spiro atoms. The summed E-state index contributed by atoms with van der Waals surface area (Å²) in [6.45, 7) is 8.85. The lowest BCUT2D eigenvalue weighted by Gasteiger charge is -2.25. The second kappa shape index (κ2) is 5.41. The summed E-state index contributed by atoms with van der Waals surface area (Å²) in [5.41, 5.74) is 1.20. The Balaban J connectivity index is 2.66. The minimum absolute atomic E-state index is 0.450. The third-order valence-electron chi connectivity index (χ3n) is 2.78. The summed E-state index contributed by atoms with van der Waals surface area (Å²) in [4.78, 5) is 4.07. The molecule has 0 saturated heterocycles. The highest BCUT2D eigenvalue weighted by molar-refractivity contribution is 5.27. The standard InChI is InChI=1S/C13H22N2O/c1-10(2)15-8-6-13(4,16)12-9-14-7-5-11(12)3/h5,7,9-10,15-16H,6,8H2,1-4H3. The molecular weight excluding hydrogens is 200 g/mol. The SMILES string of the molecule is Cc1ccncc1C(C)(O)CCNC(C)C. The number of hydrogen-bond acceptors (Lipinski definition) is 3. The van der Waals surface area contributed by atoms with Crippen LogP contribution in [0, 0.1) is 6.92 Å². The van der Waals surface area contributed by atoms with Crippen LogP contribution >= 0.6 is 0 Å². The average Bonchev–Trinajstić information content (AvgIpc) is 2.17. The van der Waals surface area contributed by atoms with Gasteiger partial charge in [-0.3, -0.25) is 4.98 Å². The fraction of sp³-hybridized carbons (Fsp3) is 0.615. The quantitative estimate of drug-likeness (QED) is 0.801. The Bertz CT molecular complexity index is 334. The summed E-state index contributed by atoms with van der Waals surface area (Å²) in [6, 6.07) is 2.38. The van der Waals surface area contributed by atoms with Crippen LogP contribution in [0.3, 0.4) is 0 Å². The van der Waals surface area contributed by atoms with Gasteiger partial charge in [-0.05, 0) is 38.4 Å². The van der Waals surface area contributed by atoms with Crippen molar-refractivity contribution in [2.75, 3.05) is 6.54 Å². The zero-order chi connectivity index (χ0) is 12.2. The number of rotatable bonds is 5. The van der Waals surface area contributed by atoms with Crippen molar-refractivity contribution in [2.45, 2.75) is 45.8 Å². The first kappa shape index (κ1) is 13.1. The van der Waals surface area contributed by atoms with Crippen LogP contribution in [0.2, 0.25) is 0 Å². The smallest absolute Gasteiger partial charge is 0.0898 e. The van der Waals surface area contributed by atoms with Gasteiger partial charge < -0.3 is 10.4 Å². The fourth-order valence-corrected chi connectivity index (χ4v) is 1.77. The van der Waals surface area contributed by atoms with Crippen LogP contribution in [0.1, 0.15) is 38.3 Å². The molecule has 1 aromatic heterocycles. The Labute approximate surface area is 97.9 Å². The van der Waals surface area contributed by atoms with Gasteiger partial charge in [0.2, 0.25) is 0 Å². The van der Waals surface area contributed by atoms with E-state index >= 15 is 0 Å². The first-order valence-corrected chi connectivity index (χ1v) is 5.80. The molecule has 3 heteroatoms. The number of hydrogen-bond donors (Lipinski definition) is 2. The number of nitrogens with zero attached hydrogens (tertiary/aromatic N) is 1. The van der Waals surface area contributed by atoms with E-state index in [0.29, 0.717) is 12.5 Å². The molecule has 0 fully saturated rings. The topological polar surface area (TPSA) is 45.2 Å². The van der Waals surface area contributed by atoms with Gasteiger partial charge in [-0.25, -0.2) is 0 Å². The van der Waals surface area contributed by atoms with Crippen LogP contribution in [0.5, 0.6) is 0 Å².